The van der Waals surface area contributed by atoms with Crippen molar-refractivity contribution in [1.82, 2.24) is 5.32 Å². The van der Waals surface area contributed by atoms with E-state index in [1.54, 1.807) is 30.3 Å². The van der Waals surface area contributed by atoms with E-state index in [0.29, 0.717) is 53.9 Å². The van der Waals surface area contributed by atoms with Crippen LogP contribution in [-0.2, 0) is 14.3 Å². The SMILES string of the molecule is COc1ccc(N2C(=O)NC(=O)/C(=C\c3cc(Br)c(N4CCOCC4)o3)C2=O)cc1. The number of hydrogen-bond acceptors (Lipinski definition) is 7. The van der Waals surface area contributed by atoms with Gasteiger partial charge >= 0.3 is 6.03 Å². The number of halogens is 1. The topological polar surface area (TPSA) is 101 Å². The van der Waals surface area contributed by atoms with Crippen LogP contribution in [0.4, 0.5) is 16.4 Å². The monoisotopic (exact) mass is 475 g/mol. The number of benzene rings is 1. The summed E-state index contributed by atoms with van der Waals surface area (Å²) in [6.07, 6.45) is 1.33. The Balaban J connectivity index is 1.64. The third-order valence-corrected chi connectivity index (χ3v) is 5.27. The largest absolute Gasteiger partial charge is 0.497 e. The lowest BCUT2D eigenvalue weighted by atomic mass is 10.1. The molecule has 0 aliphatic carbocycles. The van der Waals surface area contributed by atoms with Gasteiger partial charge in [-0.15, -0.1) is 0 Å². The molecule has 0 unspecified atom stereocenters. The lowest BCUT2D eigenvalue weighted by molar-refractivity contribution is -0.122. The van der Waals surface area contributed by atoms with Gasteiger partial charge in [-0.25, -0.2) is 9.69 Å². The highest BCUT2D eigenvalue weighted by atomic mass is 79.9. The van der Waals surface area contributed by atoms with Crippen LogP contribution in [0.5, 0.6) is 5.75 Å². The molecule has 4 rings (SSSR count). The van der Waals surface area contributed by atoms with Crippen molar-refractivity contribution in [1.29, 1.82) is 0 Å². The van der Waals surface area contributed by atoms with E-state index in [9.17, 15) is 14.4 Å². The normalized spacial score (nSPS) is 18.7. The number of ether oxygens (including phenoxy) is 2. The number of amides is 4. The van der Waals surface area contributed by atoms with Gasteiger partial charge in [0.1, 0.15) is 17.1 Å². The Bertz CT molecular complexity index is 1020. The molecule has 4 amide bonds. The van der Waals surface area contributed by atoms with Gasteiger partial charge in [0.25, 0.3) is 11.8 Å². The highest BCUT2D eigenvalue weighted by molar-refractivity contribution is 9.10. The molecular weight excluding hydrogens is 458 g/mol. The number of carbonyl (C=O) groups is 3. The first-order chi connectivity index (χ1) is 14.5. The Kier molecular flexibility index (Phi) is 5.60. The number of anilines is 2. The smallest absolute Gasteiger partial charge is 0.335 e. The van der Waals surface area contributed by atoms with Gasteiger partial charge in [0.2, 0.25) is 5.88 Å². The molecular formula is C20H18BrN3O6. The molecule has 1 aromatic heterocycles. The first-order valence-corrected chi connectivity index (χ1v) is 9.95. The molecule has 2 fully saturated rings. The zero-order valence-electron chi connectivity index (χ0n) is 16.0. The van der Waals surface area contributed by atoms with Gasteiger partial charge in [0, 0.05) is 19.2 Å². The van der Waals surface area contributed by atoms with Gasteiger partial charge in [-0.05, 0) is 46.3 Å². The van der Waals surface area contributed by atoms with E-state index < -0.39 is 17.8 Å². The summed E-state index contributed by atoms with van der Waals surface area (Å²) in [6.45, 7) is 2.51. The van der Waals surface area contributed by atoms with Gasteiger partial charge in [0.05, 0.1) is 30.5 Å². The molecule has 156 valence electrons. The summed E-state index contributed by atoms with van der Waals surface area (Å²) in [4.78, 5) is 40.5. The number of carbonyl (C=O) groups excluding carboxylic acids is 3. The zero-order chi connectivity index (χ0) is 21.3. The van der Waals surface area contributed by atoms with E-state index in [4.69, 9.17) is 13.9 Å². The third kappa shape index (κ3) is 3.83. The van der Waals surface area contributed by atoms with E-state index in [1.807, 2.05) is 4.90 Å². The Hall–Kier alpha value is -3.11. The maximum Gasteiger partial charge on any atom is 0.335 e. The summed E-state index contributed by atoms with van der Waals surface area (Å²) in [7, 11) is 1.51. The van der Waals surface area contributed by atoms with Crippen LogP contribution in [0.25, 0.3) is 6.08 Å². The molecule has 0 bridgehead atoms. The van der Waals surface area contributed by atoms with Crippen molar-refractivity contribution >= 4 is 51.4 Å². The first-order valence-electron chi connectivity index (χ1n) is 9.15. The molecule has 0 atom stereocenters. The quantitative estimate of drug-likeness (QED) is 0.535. The summed E-state index contributed by atoms with van der Waals surface area (Å²) in [6, 6.07) is 7.21. The average molecular weight is 476 g/mol. The minimum Gasteiger partial charge on any atom is -0.497 e. The summed E-state index contributed by atoms with van der Waals surface area (Å²) in [5.74, 6) is -0.0427. The summed E-state index contributed by atoms with van der Waals surface area (Å²) in [5.41, 5.74) is 0.103. The van der Waals surface area contributed by atoms with Crippen molar-refractivity contribution in [2.24, 2.45) is 0 Å². The molecule has 0 spiro atoms. The van der Waals surface area contributed by atoms with Crippen molar-refractivity contribution in [3.63, 3.8) is 0 Å². The number of rotatable bonds is 4. The van der Waals surface area contributed by atoms with Crippen molar-refractivity contribution in [3.8, 4) is 5.75 Å². The molecule has 10 heteroatoms. The molecule has 3 heterocycles. The van der Waals surface area contributed by atoms with Crippen molar-refractivity contribution in [2.75, 3.05) is 43.2 Å². The molecule has 2 aromatic rings. The van der Waals surface area contributed by atoms with Gasteiger partial charge in [-0.3, -0.25) is 14.9 Å². The third-order valence-electron chi connectivity index (χ3n) is 4.71. The number of barbiturate groups is 1. The number of nitrogens with one attached hydrogen (secondary N) is 1. The molecule has 0 radical (unpaired) electrons. The zero-order valence-corrected chi connectivity index (χ0v) is 17.6. The van der Waals surface area contributed by atoms with Crippen LogP contribution in [0.1, 0.15) is 5.76 Å². The van der Waals surface area contributed by atoms with Gasteiger partial charge in [-0.2, -0.15) is 0 Å². The molecule has 1 N–H and O–H groups in total. The highest BCUT2D eigenvalue weighted by Crippen LogP contribution is 2.32. The van der Waals surface area contributed by atoms with Crippen LogP contribution < -0.4 is 19.9 Å². The molecule has 2 aliphatic rings. The van der Waals surface area contributed by atoms with E-state index >= 15 is 0 Å². The second-order valence-electron chi connectivity index (χ2n) is 6.56. The minimum atomic E-state index is -0.818. The maximum atomic E-state index is 13.0. The number of furan rings is 1. The second kappa shape index (κ2) is 8.33. The molecule has 30 heavy (non-hydrogen) atoms. The predicted molar refractivity (Wildman–Crippen MR) is 111 cm³/mol. The molecule has 0 saturated carbocycles. The summed E-state index contributed by atoms with van der Waals surface area (Å²) in [5, 5.41) is 2.19. The number of morpholine rings is 1. The van der Waals surface area contributed by atoms with Crippen LogP contribution in [0.3, 0.4) is 0 Å². The Morgan fingerprint density at radius 3 is 2.50 bits per heavy atom. The molecule has 2 aliphatic heterocycles. The van der Waals surface area contributed by atoms with Gasteiger partial charge < -0.3 is 18.8 Å². The van der Waals surface area contributed by atoms with Crippen molar-refractivity contribution in [2.45, 2.75) is 0 Å². The lowest BCUT2D eigenvalue weighted by Gasteiger charge is -2.27. The van der Waals surface area contributed by atoms with E-state index in [1.165, 1.54) is 13.2 Å². The molecule has 9 nitrogen and oxygen atoms in total. The maximum absolute atomic E-state index is 13.0. The minimum absolute atomic E-state index is 0.208. The van der Waals surface area contributed by atoms with E-state index in [-0.39, 0.29) is 5.57 Å². The van der Waals surface area contributed by atoms with Crippen LogP contribution >= 0.6 is 15.9 Å². The van der Waals surface area contributed by atoms with E-state index in [0.717, 1.165) is 4.90 Å². The number of imide groups is 2. The standard InChI is InChI=1S/C20H18BrN3O6/c1-28-13-4-2-12(3-5-13)24-18(26)15(17(25)22-20(24)27)10-14-11-16(21)19(30-14)23-6-8-29-9-7-23/h2-5,10-11H,6-9H2,1H3,(H,22,25,27)/b15-10+. The highest BCUT2D eigenvalue weighted by Gasteiger charge is 2.37. The predicted octanol–water partition coefficient (Wildman–Crippen LogP) is 2.55. The Morgan fingerprint density at radius 2 is 1.83 bits per heavy atom. The fraction of sp³-hybridized carbons (Fsp3) is 0.250. The second-order valence-corrected chi connectivity index (χ2v) is 7.41. The van der Waals surface area contributed by atoms with Gasteiger partial charge in [0.15, 0.2) is 0 Å². The van der Waals surface area contributed by atoms with Crippen LogP contribution in [0.15, 0.2) is 44.8 Å². The number of urea groups is 1. The number of nitrogens with zero attached hydrogens (tertiary/aromatic N) is 2. The fourth-order valence-electron chi connectivity index (χ4n) is 3.20. The number of methoxy groups -OCH3 is 1. The first kappa shape index (κ1) is 20.2. The average Bonchev–Trinajstić information content (AvgIpc) is 3.12. The van der Waals surface area contributed by atoms with Crippen LogP contribution in [0.2, 0.25) is 0 Å². The van der Waals surface area contributed by atoms with Crippen molar-refractivity contribution in [3.05, 3.63) is 46.1 Å². The fourth-order valence-corrected chi connectivity index (χ4v) is 3.75. The Labute approximate surface area is 180 Å². The van der Waals surface area contributed by atoms with E-state index in [2.05, 4.69) is 21.2 Å². The lowest BCUT2D eigenvalue weighted by Crippen LogP contribution is -2.54. The summed E-state index contributed by atoms with van der Waals surface area (Å²) >= 11 is 3.45. The van der Waals surface area contributed by atoms with Crippen molar-refractivity contribution < 1.29 is 28.3 Å². The number of hydrogen-bond donors (Lipinski definition) is 1. The summed E-state index contributed by atoms with van der Waals surface area (Å²) < 4.78 is 17.0. The molecule has 2 saturated heterocycles. The Morgan fingerprint density at radius 1 is 1.13 bits per heavy atom. The van der Waals surface area contributed by atoms with Gasteiger partial charge in [-0.1, -0.05) is 0 Å². The molecule has 1 aromatic carbocycles. The van der Waals surface area contributed by atoms with Crippen LogP contribution in [0, 0.1) is 0 Å². The van der Waals surface area contributed by atoms with Crippen LogP contribution in [-0.4, -0.2) is 51.3 Å².